The van der Waals surface area contributed by atoms with Crippen molar-refractivity contribution >= 4 is 38.8 Å². The van der Waals surface area contributed by atoms with E-state index in [2.05, 4.69) is 41.0 Å². The maximum atomic E-state index is 13.2. The molecule has 2 aromatic heterocycles. The van der Waals surface area contributed by atoms with E-state index >= 15 is 0 Å². The first kappa shape index (κ1) is 22.1. The Hall–Kier alpha value is -2.67. The summed E-state index contributed by atoms with van der Waals surface area (Å²) in [5, 5.41) is 0.695. The topological polar surface area (TPSA) is 41.4 Å². The molecule has 0 saturated carbocycles. The zero-order valence-corrected chi connectivity index (χ0v) is 20.4. The summed E-state index contributed by atoms with van der Waals surface area (Å²) in [6.07, 6.45) is 4.12. The largest absolute Gasteiger partial charge is 0.375 e. The Morgan fingerprint density at radius 1 is 1.15 bits per heavy atom. The van der Waals surface area contributed by atoms with Gasteiger partial charge in [0.25, 0.3) is 5.56 Å². The first-order chi connectivity index (χ1) is 16.0. The van der Waals surface area contributed by atoms with Crippen molar-refractivity contribution in [1.82, 2.24) is 14.5 Å². The molecule has 1 aliphatic rings. The predicted molar refractivity (Wildman–Crippen MR) is 139 cm³/mol. The van der Waals surface area contributed by atoms with Gasteiger partial charge in [-0.05, 0) is 80.4 Å². The number of fused-ring (bicyclic) bond motifs is 1. The van der Waals surface area contributed by atoms with E-state index in [0.717, 1.165) is 39.8 Å². The van der Waals surface area contributed by atoms with Gasteiger partial charge in [-0.1, -0.05) is 23.7 Å². The Labute approximate surface area is 202 Å². The van der Waals surface area contributed by atoms with Crippen molar-refractivity contribution < 1.29 is 0 Å². The quantitative estimate of drug-likeness (QED) is 0.364. The molecule has 5 nitrogen and oxygen atoms in total. The SMILES string of the molecule is CN1CCC(CCN(C)c2ccc(-n3cnc4cc(-c5ccc(Cl)cc5)sc4c3=O)cc2)C1. The maximum absolute atomic E-state index is 13.2. The summed E-state index contributed by atoms with van der Waals surface area (Å²) < 4.78 is 2.29. The van der Waals surface area contributed by atoms with Gasteiger partial charge in [0.1, 0.15) is 11.0 Å². The first-order valence-corrected chi connectivity index (χ1v) is 12.4. The van der Waals surface area contributed by atoms with Gasteiger partial charge in [-0.3, -0.25) is 9.36 Å². The number of benzene rings is 2. The zero-order valence-electron chi connectivity index (χ0n) is 18.9. The van der Waals surface area contributed by atoms with Gasteiger partial charge >= 0.3 is 0 Å². The molecule has 2 aromatic carbocycles. The van der Waals surface area contributed by atoms with Crippen molar-refractivity contribution in [2.45, 2.75) is 12.8 Å². The third-order valence-electron chi connectivity index (χ3n) is 6.50. The first-order valence-electron chi connectivity index (χ1n) is 11.3. The third-order valence-corrected chi connectivity index (χ3v) is 7.91. The predicted octanol–water partition coefficient (Wildman–Crippen LogP) is 5.55. The molecular formula is C26H27ClN4OS. The maximum Gasteiger partial charge on any atom is 0.275 e. The second-order valence-corrected chi connectivity index (χ2v) is 10.4. The number of aromatic nitrogens is 2. The van der Waals surface area contributed by atoms with Crippen molar-refractivity contribution in [2.75, 3.05) is 38.6 Å². The third kappa shape index (κ3) is 4.69. The summed E-state index contributed by atoms with van der Waals surface area (Å²) in [4.78, 5) is 23.5. The summed E-state index contributed by atoms with van der Waals surface area (Å²) in [6.45, 7) is 3.45. The molecule has 170 valence electrons. The fourth-order valence-corrected chi connectivity index (χ4v) is 5.66. The van der Waals surface area contributed by atoms with Gasteiger partial charge in [-0.2, -0.15) is 0 Å². The second-order valence-electron chi connectivity index (χ2n) is 8.90. The van der Waals surface area contributed by atoms with E-state index in [4.69, 9.17) is 11.6 Å². The van der Waals surface area contributed by atoms with Gasteiger partial charge in [0.05, 0.1) is 11.2 Å². The number of hydrogen-bond acceptors (Lipinski definition) is 5. The van der Waals surface area contributed by atoms with Crippen LogP contribution >= 0.6 is 22.9 Å². The van der Waals surface area contributed by atoms with Gasteiger partial charge in [0.15, 0.2) is 0 Å². The number of anilines is 1. The van der Waals surface area contributed by atoms with Gasteiger partial charge in [-0.25, -0.2) is 4.98 Å². The highest BCUT2D eigenvalue weighted by molar-refractivity contribution is 7.22. The summed E-state index contributed by atoms with van der Waals surface area (Å²) in [5.74, 6) is 0.789. The molecule has 3 heterocycles. The van der Waals surface area contributed by atoms with E-state index < -0.39 is 0 Å². The molecule has 0 aliphatic carbocycles. The second kappa shape index (κ2) is 9.29. The number of likely N-dealkylation sites (tertiary alicyclic amines) is 1. The molecule has 1 saturated heterocycles. The van der Waals surface area contributed by atoms with E-state index in [-0.39, 0.29) is 5.56 Å². The monoisotopic (exact) mass is 478 g/mol. The standard InChI is InChI=1S/C26H27ClN4OS/c1-29-13-11-18(16-29)12-14-30(2)21-7-9-22(10-8-21)31-17-28-23-15-24(33-25(23)26(31)32)19-3-5-20(27)6-4-19/h3-10,15,17-18H,11-14,16H2,1-2H3. The van der Waals surface area contributed by atoms with Crippen molar-refractivity contribution in [3.05, 3.63) is 76.3 Å². The fourth-order valence-electron chi connectivity index (χ4n) is 4.49. The molecule has 1 atom stereocenters. The lowest BCUT2D eigenvalue weighted by Gasteiger charge is -2.21. The molecule has 0 N–H and O–H groups in total. The van der Waals surface area contributed by atoms with Crippen molar-refractivity contribution in [1.29, 1.82) is 0 Å². The average molecular weight is 479 g/mol. The molecule has 33 heavy (non-hydrogen) atoms. The minimum atomic E-state index is -0.0447. The van der Waals surface area contributed by atoms with E-state index in [1.807, 2.05) is 42.5 Å². The van der Waals surface area contributed by atoms with E-state index in [9.17, 15) is 4.79 Å². The van der Waals surface area contributed by atoms with Crippen molar-refractivity contribution in [3.63, 3.8) is 0 Å². The Morgan fingerprint density at radius 2 is 1.91 bits per heavy atom. The van der Waals surface area contributed by atoms with Crippen LogP contribution in [0.25, 0.3) is 26.3 Å². The van der Waals surface area contributed by atoms with Gasteiger partial charge in [0.2, 0.25) is 0 Å². The van der Waals surface area contributed by atoms with E-state index in [0.29, 0.717) is 9.72 Å². The molecular weight excluding hydrogens is 452 g/mol. The lowest BCUT2D eigenvalue weighted by Crippen LogP contribution is -2.22. The van der Waals surface area contributed by atoms with Crippen LogP contribution in [-0.2, 0) is 0 Å². The normalized spacial score (nSPS) is 16.5. The van der Waals surface area contributed by atoms with Crippen LogP contribution in [0.15, 0.2) is 65.7 Å². The highest BCUT2D eigenvalue weighted by Gasteiger charge is 2.19. The number of halogens is 1. The van der Waals surface area contributed by atoms with Crippen LogP contribution in [0.2, 0.25) is 5.02 Å². The lowest BCUT2D eigenvalue weighted by molar-refractivity contribution is 0.389. The Morgan fingerprint density at radius 3 is 2.61 bits per heavy atom. The van der Waals surface area contributed by atoms with Gasteiger partial charge in [0, 0.05) is 35.7 Å². The van der Waals surface area contributed by atoms with Crippen LogP contribution < -0.4 is 10.5 Å². The number of thiophene rings is 1. The molecule has 0 amide bonds. The summed E-state index contributed by atoms with van der Waals surface area (Å²) >= 11 is 7.48. The van der Waals surface area contributed by atoms with Crippen LogP contribution in [0.1, 0.15) is 12.8 Å². The highest BCUT2D eigenvalue weighted by atomic mass is 35.5. The van der Waals surface area contributed by atoms with E-state index in [1.165, 1.54) is 37.3 Å². The molecule has 0 radical (unpaired) electrons. The van der Waals surface area contributed by atoms with Crippen LogP contribution in [0.3, 0.4) is 0 Å². The van der Waals surface area contributed by atoms with Gasteiger partial charge < -0.3 is 9.80 Å². The minimum absolute atomic E-state index is 0.0447. The van der Waals surface area contributed by atoms with Gasteiger partial charge in [-0.15, -0.1) is 11.3 Å². The average Bonchev–Trinajstić information content (AvgIpc) is 3.45. The van der Waals surface area contributed by atoms with Crippen molar-refractivity contribution in [3.8, 4) is 16.1 Å². The molecule has 5 rings (SSSR count). The van der Waals surface area contributed by atoms with E-state index in [1.54, 1.807) is 10.9 Å². The molecule has 7 heteroatoms. The van der Waals surface area contributed by atoms with Crippen LogP contribution in [0, 0.1) is 5.92 Å². The fraction of sp³-hybridized carbons (Fsp3) is 0.308. The van der Waals surface area contributed by atoms with Crippen molar-refractivity contribution in [2.24, 2.45) is 5.92 Å². The Bertz CT molecular complexity index is 1310. The lowest BCUT2D eigenvalue weighted by atomic mass is 10.0. The van der Waals surface area contributed by atoms with Crippen LogP contribution in [0.4, 0.5) is 5.69 Å². The molecule has 0 spiro atoms. The molecule has 1 aliphatic heterocycles. The molecule has 1 fully saturated rings. The number of rotatable bonds is 6. The summed E-state index contributed by atoms with van der Waals surface area (Å²) in [6, 6.07) is 17.8. The summed E-state index contributed by atoms with van der Waals surface area (Å²) in [5.41, 5.74) is 3.69. The molecule has 4 aromatic rings. The highest BCUT2D eigenvalue weighted by Crippen LogP contribution is 2.31. The minimum Gasteiger partial charge on any atom is -0.375 e. The Kier molecular flexibility index (Phi) is 6.23. The number of hydrogen-bond donors (Lipinski definition) is 0. The smallest absolute Gasteiger partial charge is 0.275 e. The zero-order chi connectivity index (χ0) is 22.9. The Balaban J connectivity index is 1.34. The van der Waals surface area contributed by atoms with Crippen LogP contribution in [0.5, 0.6) is 0 Å². The number of nitrogens with zero attached hydrogens (tertiary/aromatic N) is 4. The van der Waals surface area contributed by atoms with Crippen LogP contribution in [-0.4, -0.2) is 48.2 Å². The molecule has 1 unspecified atom stereocenters. The summed E-state index contributed by atoms with van der Waals surface area (Å²) in [7, 11) is 4.34. The molecule has 0 bridgehead atoms.